The van der Waals surface area contributed by atoms with Gasteiger partial charge in [-0.15, -0.1) is 0 Å². The van der Waals surface area contributed by atoms with Gasteiger partial charge in [0.25, 0.3) is 0 Å². The van der Waals surface area contributed by atoms with Gasteiger partial charge in [-0.3, -0.25) is 0 Å². The molecule has 0 aliphatic heterocycles. The van der Waals surface area contributed by atoms with Gasteiger partial charge in [0.05, 0.1) is 0 Å². The first kappa shape index (κ1) is 50.4. The van der Waals surface area contributed by atoms with Gasteiger partial charge in [-0.05, 0) is 173 Å². The summed E-state index contributed by atoms with van der Waals surface area (Å²) >= 11 is 0. The van der Waals surface area contributed by atoms with Crippen molar-refractivity contribution in [2.45, 2.75) is 90.9 Å². The molecule has 0 bridgehead atoms. The van der Waals surface area contributed by atoms with Gasteiger partial charge in [-0.25, -0.2) is 0 Å². The van der Waals surface area contributed by atoms with Crippen molar-refractivity contribution in [1.29, 1.82) is 0 Å². The van der Waals surface area contributed by atoms with Gasteiger partial charge in [0.15, 0.2) is 0 Å². The quantitative estimate of drug-likeness (QED) is 0.126. The minimum Gasteiger partial charge on any atom is -0.310 e. The van der Waals surface area contributed by atoms with E-state index >= 15 is 0 Å². The Labute approximate surface area is 464 Å². The van der Waals surface area contributed by atoms with Gasteiger partial charge in [-0.1, -0.05) is 239 Å². The Morgan fingerprint density at radius 2 is 0.551 bits per heavy atom. The summed E-state index contributed by atoms with van der Waals surface area (Å²) in [7, 11) is 0. The van der Waals surface area contributed by atoms with Crippen molar-refractivity contribution < 1.29 is 0 Å². The topological polar surface area (TPSA) is 6.48 Å². The highest BCUT2D eigenvalue weighted by molar-refractivity contribution is 5.88. The molecule has 0 aromatic heterocycles. The maximum atomic E-state index is 2.41. The Balaban J connectivity index is 0.758. The fourth-order valence-corrected chi connectivity index (χ4v) is 12.1. The van der Waals surface area contributed by atoms with Crippen LogP contribution in [0.3, 0.4) is 0 Å². The Morgan fingerprint density at radius 3 is 0.872 bits per heavy atom. The summed E-state index contributed by atoms with van der Waals surface area (Å²) in [6, 6.07) is 85.9. The average molecular weight is 1010 g/mol. The molecule has 0 saturated heterocycles. The summed E-state index contributed by atoms with van der Waals surface area (Å²) in [4.78, 5) is 4.81. The maximum absolute atomic E-state index is 2.41. The number of anilines is 6. The Kier molecular flexibility index (Phi) is 12.4. The van der Waals surface area contributed by atoms with Crippen LogP contribution in [0.2, 0.25) is 0 Å². The molecular formula is C76H70N2. The van der Waals surface area contributed by atoms with E-state index in [1.54, 1.807) is 0 Å². The summed E-state index contributed by atoms with van der Waals surface area (Å²) in [5, 5.41) is 0. The summed E-state index contributed by atoms with van der Waals surface area (Å²) in [6.07, 6.45) is 4.41. The molecule has 2 aliphatic carbocycles. The van der Waals surface area contributed by atoms with Crippen molar-refractivity contribution >= 4 is 46.3 Å². The number of fused-ring (bicyclic) bond motifs is 6. The second-order valence-electron chi connectivity index (χ2n) is 24.7. The SMILES string of the molecule is CC(C)(C)c1ccc(N(c2ccc(-c3ccc(/C=C/c4ccc(-c5ccc(N(c6ccc(C(C)(C)C)cc6)c6ccc7c(c6)C(C)(C)c6ccccc6-7)cc5)cc4)cc3)cc2)c2ccc3c(c2)C(C)(C)c2ccccc2-3)cc1. The van der Waals surface area contributed by atoms with Gasteiger partial charge < -0.3 is 9.80 Å². The van der Waals surface area contributed by atoms with Crippen molar-refractivity contribution in [2.24, 2.45) is 0 Å². The Hall–Kier alpha value is -8.46. The van der Waals surface area contributed by atoms with Crippen molar-refractivity contribution in [3.63, 3.8) is 0 Å². The Morgan fingerprint density at radius 1 is 0.282 bits per heavy atom. The first-order valence-corrected chi connectivity index (χ1v) is 27.8. The van der Waals surface area contributed by atoms with Crippen LogP contribution in [0.5, 0.6) is 0 Å². The molecule has 0 heterocycles. The van der Waals surface area contributed by atoms with Gasteiger partial charge in [0.1, 0.15) is 0 Å². The van der Waals surface area contributed by atoms with Crippen molar-refractivity contribution in [1.82, 2.24) is 0 Å². The molecule has 2 aliphatic rings. The third-order valence-corrected chi connectivity index (χ3v) is 16.8. The van der Waals surface area contributed by atoms with Gasteiger partial charge in [0.2, 0.25) is 0 Å². The molecule has 10 aromatic rings. The van der Waals surface area contributed by atoms with E-state index in [4.69, 9.17) is 0 Å². The number of benzene rings is 10. The van der Waals surface area contributed by atoms with E-state index in [-0.39, 0.29) is 21.7 Å². The normalized spacial score (nSPS) is 13.9. The maximum Gasteiger partial charge on any atom is 0.0465 e. The zero-order valence-corrected chi connectivity index (χ0v) is 47.0. The second kappa shape index (κ2) is 19.2. The zero-order chi connectivity index (χ0) is 54.1. The van der Waals surface area contributed by atoms with Crippen LogP contribution in [-0.2, 0) is 21.7 Å². The molecule has 12 rings (SSSR count). The highest BCUT2D eigenvalue weighted by atomic mass is 15.1. The van der Waals surface area contributed by atoms with E-state index in [0.29, 0.717) is 0 Å². The monoisotopic (exact) mass is 1010 g/mol. The standard InChI is InChI=1S/C76H70N2/c1-73(2,3)57-33-41-61(42-34-57)77(63-45-47-67-65-15-11-13-17-69(65)75(7,8)71(67)49-63)59-37-29-55(30-38-59)53-25-21-51(22-26-53)19-20-52-23-27-54(28-24-52)56-31-39-60(40-32-56)78(62-43-35-58(36-44-62)74(4,5)6)64-46-48-68-66-16-12-14-18-70(66)76(9,10)72(68)50-64/h11-50H,1-10H3/b20-19+. The lowest BCUT2D eigenvalue weighted by atomic mass is 9.82. The highest BCUT2D eigenvalue weighted by Crippen LogP contribution is 2.52. The van der Waals surface area contributed by atoms with E-state index in [2.05, 4.69) is 322 Å². The zero-order valence-electron chi connectivity index (χ0n) is 47.0. The van der Waals surface area contributed by atoms with Crippen LogP contribution < -0.4 is 9.80 Å². The van der Waals surface area contributed by atoms with Gasteiger partial charge >= 0.3 is 0 Å². The predicted octanol–water partition coefficient (Wildman–Crippen LogP) is 21.3. The molecule has 78 heavy (non-hydrogen) atoms. The fraction of sp³-hybridized carbons (Fsp3) is 0.184. The Bertz CT molecular complexity index is 3600. The molecular weight excluding hydrogens is 941 g/mol. The number of hydrogen-bond acceptors (Lipinski definition) is 2. The first-order chi connectivity index (χ1) is 37.4. The van der Waals surface area contributed by atoms with Crippen LogP contribution in [0.15, 0.2) is 231 Å². The molecule has 0 amide bonds. The fourth-order valence-electron chi connectivity index (χ4n) is 12.1. The molecule has 0 unspecified atom stereocenters. The number of nitrogens with zero attached hydrogens (tertiary/aromatic N) is 2. The summed E-state index contributed by atoms with van der Waals surface area (Å²) < 4.78 is 0. The molecule has 384 valence electrons. The van der Waals surface area contributed by atoms with E-state index in [9.17, 15) is 0 Å². The van der Waals surface area contributed by atoms with E-state index < -0.39 is 0 Å². The predicted molar refractivity (Wildman–Crippen MR) is 335 cm³/mol. The molecule has 0 fully saturated rings. The van der Waals surface area contributed by atoms with E-state index in [0.717, 1.165) is 45.3 Å². The molecule has 0 atom stereocenters. The minimum absolute atomic E-state index is 0.0728. The molecule has 2 heteroatoms. The molecule has 0 N–H and O–H groups in total. The van der Waals surface area contributed by atoms with Gasteiger partial charge in [-0.2, -0.15) is 0 Å². The van der Waals surface area contributed by atoms with Gasteiger partial charge in [0, 0.05) is 45.0 Å². The largest absolute Gasteiger partial charge is 0.310 e. The smallest absolute Gasteiger partial charge is 0.0465 e. The van der Waals surface area contributed by atoms with Crippen LogP contribution >= 0.6 is 0 Å². The van der Waals surface area contributed by atoms with Crippen LogP contribution in [0.4, 0.5) is 34.1 Å². The van der Waals surface area contributed by atoms with Crippen molar-refractivity contribution in [2.75, 3.05) is 9.80 Å². The summed E-state index contributed by atoms with van der Waals surface area (Å²) in [5.74, 6) is 0. The minimum atomic E-state index is -0.0872. The lowest BCUT2D eigenvalue weighted by molar-refractivity contribution is 0.590. The van der Waals surface area contributed by atoms with Crippen LogP contribution in [-0.4, -0.2) is 0 Å². The van der Waals surface area contributed by atoms with Crippen molar-refractivity contribution in [3.05, 3.63) is 275 Å². The number of hydrogen-bond donors (Lipinski definition) is 0. The molecule has 0 saturated carbocycles. The van der Waals surface area contributed by atoms with Crippen molar-refractivity contribution in [3.8, 4) is 44.5 Å². The van der Waals surface area contributed by atoms with Crippen LogP contribution in [0.25, 0.3) is 56.7 Å². The number of rotatable bonds is 10. The van der Waals surface area contributed by atoms with E-state index in [1.807, 2.05) is 0 Å². The lowest BCUT2D eigenvalue weighted by Crippen LogP contribution is -2.17. The first-order valence-electron chi connectivity index (χ1n) is 27.8. The third-order valence-electron chi connectivity index (χ3n) is 16.8. The molecule has 2 nitrogen and oxygen atoms in total. The second-order valence-corrected chi connectivity index (χ2v) is 24.7. The molecule has 10 aromatic carbocycles. The van der Waals surface area contributed by atoms with Crippen LogP contribution in [0.1, 0.15) is 114 Å². The van der Waals surface area contributed by atoms with E-state index in [1.165, 1.54) is 77.9 Å². The highest BCUT2D eigenvalue weighted by Gasteiger charge is 2.37. The third kappa shape index (κ3) is 9.17. The molecule has 0 spiro atoms. The molecule has 0 radical (unpaired) electrons. The average Bonchev–Trinajstić information content (AvgIpc) is 4.05. The lowest BCUT2D eigenvalue weighted by Gasteiger charge is -2.29. The van der Waals surface area contributed by atoms with Crippen LogP contribution in [0, 0.1) is 0 Å². The summed E-state index contributed by atoms with van der Waals surface area (Å²) in [5.41, 5.74) is 27.4. The summed E-state index contributed by atoms with van der Waals surface area (Å²) in [6.45, 7) is 23.1.